The van der Waals surface area contributed by atoms with Gasteiger partial charge in [0, 0.05) is 13.0 Å². The molecule has 1 unspecified atom stereocenters. The molecule has 1 atom stereocenters. The third-order valence-corrected chi connectivity index (χ3v) is 3.21. The van der Waals surface area contributed by atoms with E-state index in [9.17, 15) is 4.39 Å². The molecule has 4 heteroatoms. The van der Waals surface area contributed by atoms with Crippen LogP contribution in [0.15, 0.2) is 24.3 Å². The molecular weight excluding hydrogens is 217 g/mol. The summed E-state index contributed by atoms with van der Waals surface area (Å²) in [6, 6.07) is 6.65. The predicted molar refractivity (Wildman–Crippen MR) is 62.9 cm³/mol. The Balaban J connectivity index is 2.03. The quantitative estimate of drug-likeness (QED) is 0.755. The number of hydrogen-bond donors (Lipinski definition) is 0. The average molecular weight is 231 g/mol. The minimum atomic E-state index is -0.261. The molecule has 0 N–H and O–H groups in total. The van der Waals surface area contributed by atoms with Crippen molar-refractivity contribution in [2.75, 3.05) is 0 Å². The SMILES string of the molecule is CC1CCc2nc(-c3ccccc3F)nn2C1. The van der Waals surface area contributed by atoms with Crippen molar-refractivity contribution in [2.24, 2.45) is 5.92 Å². The normalized spacial score (nSPS) is 19.1. The highest BCUT2D eigenvalue weighted by molar-refractivity contribution is 5.55. The van der Waals surface area contributed by atoms with E-state index in [0.29, 0.717) is 17.3 Å². The molecular formula is C13H14FN3. The third-order valence-electron chi connectivity index (χ3n) is 3.21. The molecule has 17 heavy (non-hydrogen) atoms. The maximum Gasteiger partial charge on any atom is 0.184 e. The Morgan fingerprint density at radius 2 is 2.18 bits per heavy atom. The standard InChI is InChI=1S/C13H14FN3/c1-9-6-7-12-15-13(16-17(12)8-9)10-4-2-3-5-11(10)14/h2-5,9H,6-8H2,1H3. The first-order valence-electron chi connectivity index (χ1n) is 5.92. The smallest absolute Gasteiger partial charge is 0.184 e. The molecule has 2 aromatic rings. The molecule has 0 aliphatic carbocycles. The summed E-state index contributed by atoms with van der Waals surface area (Å²) in [6.07, 6.45) is 2.07. The molecule has 3 rings (SSSR count). The van der Waals surface area contributed by atoms with Crippen molar-refractivity contribution < 1.29 is 4.39 Å². The van der Waals surface area contributed by atoms with Gasteiger partial charge in [-0.3, -0.25) is 0 Å². The number of aromatic nitrogens is 3. The average Bonchev–Trinajstić information content (AvgIpc) is 2.72. The van der Waals surface area contributed by atoms with E-state index in [-0.39, 0.29) is 5.82 Å². The van der Waals surface area contributed by atoms with Crippen molar-refractivity contribution >= 4 is 0 Å². The van der Waals surface area contributed by atoms with Gasteiger partial charge in [-0.25, -0.2) is 14.1 Å². The molecule has 1 aliphatic rings. The molecule has 0 fully saturated rings. The number of rotatable bonds is 1. The Kier molecular flexibility index (Phi) is 2.42. The van der Waals surface area contributed by atoms with Gasteiger partial charge in [-0.15, -0.1) is 0 Å². The summed E-state index contributed by atoms with van der Waals surface area (Å²) in [7, 11) is 0. The van der Waals surface area contributed by atoms with Gasteiger partial charge >= 0.3 is 0 Å². The summed E-state index contributed by atoms with van der Waals surface area (Å²) in [5.74, 6) is 1.84. The monoisotopic (exact) mass is 231 g/mol. The molecule has 3 nitrogen and oxygen atoms in total. The zero-order valence-electron chi connectivity index (χ0n) is 9.73. The van der Waals surface area contributed by atoms with Crippen LogP contribution < -0.4 is 0 Å². The zero-order valence-corrected chi connectivity index (χ0v) is 9.73. The van der Waals surface area contributed by atoms with E-state index in [1.54, 1.807) is 18.2 Å². The van der Waals surface area contributed by atoms with Crippen molar-refractivity contribution in [3.63, 3.8) is 0 Å². The van der Waals surface area contributed by atoms with E-state index in [4.69, 9.17) is 0 Å². The summed E-state index contributed by atoms with van der Waals surface area (Å²) >= 11 is 0. The third kappa shape index (κ3) is 1.84. The highest BCUT2D eigenvalue weighted by atomic mass is 19.1. The van der Waals surface area contributed by atoms with Gasteiger partial charge in [0.25, 0.3) is 0 Å². The lowest BCUT2D eigenvalue weighted by Crippen LogP contribution is -2.18. The van der Waals surface area contributed by atoms with Crippen LogP contribution in [-0.4, -0.2) is 14.8 Å². The van der Waals surface area contributed by atoms with Crippen LogP contribution in [0.3, 0.4) is 0 Å². The molecule has 0 amide bonds. The molecule has 0 radical (unpaired) electrons. The van der Waals surface area contributed by atoms with Crippen LogP contribution in [0.25, 0.3) is 11.4 Å². The summed E-state index contributed by atoms with van der Waals surface area (Å²) in [5, 5.41) is 4.40. The molecule has 1 aromatic heterocycles. The van der Waals surface area contributed by atoms with Gasteiger partial charge in [0.1, 0.15) is 11.6 Å². The Labute approximate surface area is 99.3 Å². The molecule has 0 saturated carbocycles. The van der Waals surface area contributed by atoms with Gasteiger partial charge < -0.3 is 0 Å². The van der Waals surface area contributed by atoms with Gasteiger partial charge in [0.2, 0.25) is 0 Å². The van der Waals surface area contributed by atoms with Crippen molar-refractivity contribution in [3.05, 3.63) is 35.9 Å². The lowest BCUT2D eigenvalue weighted by Gasteiger charge is -2.17. The number of hydrogen-bond acceptors (Lipinski definition) is 2. The highest BCUT2D eigenvalue weighted by Crippen LogP contribution is 2.23. The van der Waals surface area contributed by atoms with E-state index in [1.807, 2.05) is 4.68 Å². The number of fused-ring (bicyclic) bond motifs is 1. The Morgan fingerprint density at radius 1 is 1.35 bits per heavy atom. The van der Waals surface area contributed by atoms with Gasteiger partial charge in [-0.1, -0.05) is 19.1 Å². The van der Waals surface area contributed by atoms with Gasteiger partial charge in [-0.05, 0) is 24.5 Å². The Morgan fingerprint density at radius 3 is 3.00 bits per heavy atom. The molecule has 0 bridgehead atoms. The van der Waals surface area contributed by atoms with Crippen molar-refractivity contribution in [1.29, 1.82) is 0 Å². The highest BCUT2D eigenvalue weighted by Gasteiger charge is 2.20. The fraction of sp³-hybridized carbons (Fsp3) is 0.385. The largest absolute Gasteiger partial charge is 0.249 e. The molecule has 1 aliphatic heterocycles. The summed E-state index contributed by atoms with van der Waals surface area (Å²) < 4.78 is 15.5. The van der Waals surface area contributed by atoms with E-state index in [2.05, 4.69) is 17.0 Å². The van der Waals surface area contributed by atoms with Crippen LogP contribution in [0.2, 0.25) is 0 Å². The number of nitrogens with zero attached hydrogens (tertiary/aromatic N) is 3. The molecule has 1 aromatic carbocycles. The van der Waals surface area contributed by atoms with Crippen LogP contribution in [0.1, 0.15) is 19.2 Å². The van der Waals surface area contributed by atoms with Gasteiger partial charge in [0.05, 0.1) is 5.56 Å². The lowest BCUT2D eigenvalue weighted by molar-refractivity contribution is 0.368. The predicted octanol–water partition coefficient (Wildman–Crippen LogP) is 2.67. The van der Waals surface area contributed by atoms with Crippen molar-refractivity contribution in [2.45, 2.75) is 26.3 Å². The van der Waals surface area contributed by atoms with Crippen LogP contribution in [0, 0.1) is 11.7 Å². The molecule has 88 valence electrons. The van der Waals surface area contributed by atoms with E-state index < -0.39 is 0 Å². The minimum Gasteiger partial charge on any atom is -0.249 e. The van der Waals surface area contributed by atoms with Crippen LogP contribution in [0.5, 0.6) is 0 Å². The second-order valence-electron chi connectivity index (χ2n) is 4.66. The summed E-state index contributed by atoms with van der Waals surface area (Å²) in [6.45, 7) is 3.09. The zero-order chi connectivity index (χ0) is 11.8. The first-order chi connectivity index (χ1) is 8.24. The number of aryl methyl sites for hydroxylation is 1. The lowest BCUT2D eigenvalue weighted by atomic mass is 10.0. The Hall–Kier alpha value is -1.71. The second-order valence-corrected chi connectivity index (χ2v) is 4.66. The van der Waals surface area contributed by atoms with E-state index >= 15 is 0 Å². The van der Waals surface area contributed by atoms with Crippen LogP contribution >= 0.6 is 0 Å². The van der Waals surface area contributed by atoms with Gasteiger partial charge in [-0.2, -0.15) is 5.10 Å². The molecule has 2 heterocycles. The van der Waals surface area contributed by atoms with Crippen LogP contribution in [-0.2, 0) is 13.0 Å². The summed E-state index contributed by atoms with van der Waals surface area (Å²) in [5.41, 5.74) is 0.488. The molecule has 0 spiro atoms. The summed E-state index contributed by atoms with van der Waals surface area (Å²) in [4.78, 5) is 4.43. The fourth-order valence-corrected chi connectivity index (χ4v) is 2.22. The van der Waals surface area contributed by atoms with Crippen molar-refractivity contribution in [3.8, 4) is 11.4 Å². The van der Waals surface area contributed by atoms with Crippen LogP contribution in [0.4, 0.5) is 4.39 Å². The maximum absolute atomic E-state index is 13.6. The fourth-order valence-electron chi connectivity index (χ4n) is 2.22. The minimum absolute atomic E-state index is 0.261. The second kappa shape index (κ2) is 3.95. The van der Waals surface area contributed by atoms with E-state index in [0.717, 1.165) is 25.2 Å². The topological polar surface area (TPSA) is 30.7 Å². The van der Waals surface area contributed by atoms with Crippen molar-refractivity contribution in [1.82, 2.24) is 14.8 Å². The Bertz CT molecular complexity index is 547. The first kappa shape index (κ1) is 10.4. The van der Waals surface area contributed by atoms with E-state index in [1.165, 1.54) is 6.07 Å². The molecule has 0 saturated heterocycles. The first-order valence-corrected chi connectivity index (χ1v) is 5.92. The maximum atomic E-state index is 13.6. The number of benzene rings is 1. The number of halogens is 1. The van der Waals surface area contributed by atoms with Gasteiger partial charge in [0.15, 0.2) is 5.82 Å².